The number of thiophene rings is 3. The van der Waals surface area contributed by atoms with Gasteiger partial charge in [-0.25, -0.2) is 49.3 Å². The number of benzene rings is 3. The predicted molar refractivity (Wildman–Crippen MR) is 368 cm³/mol. The Kier molecular flexibility index (Phi) is 31.8. The van der Waals surface area contributed by atoms with Gasteiger partial charge in [-0.15, -0.1) is 34.0 Å². The van der Waals surface area contributed by atoms with E-state index in [9.17, 15) is 24.3 Å². The minimum absolute atomic E-state index is 0. The zero-order valence-corrected chi connectivity index (χ0v) is 61.4. The molecule has 0 atom stereocenters. The molecule has 33 heteroatoms. The van der Waals surface area contributed by atoms with Gasteiger partial charge in [0.15, 0.2) is 6.29 Å². The number of hydrogen-bond acceptors (Lipinski definition) is 27. The second-order valence-corrected chi connectivity index (χ2v) is 24.6. The summed E-state index contributed by atoms with van der Waals surface area (Å²) in [6, 6.07) is 24.0. The molecule has 0 aliphatic heterocycles. The summed E-state index contributed by atoms with van der Waals surface area (Å²) in [5, 5.41) is 34.5. The molecular formula is C64H70BMnN17NaO10S3. The fraction of sp³-hybridized carbons (Fsp3) is 0.234. The average Bonchev–Trinajstić information content (AvgIpc) is 1.66. The molecule has 0 bridgehead atoms. The molecular weight excluding hydrogens is 1350 g/mol. The number of aromatic nitrogens is 12. The van der Waals surface area contributed by atoms with Crippen molar-refractivity contribution in [2.24, 2.45) is 21.1 Å². The van der Waals surface area contributed by atoms with Crippen LogP contribution in [0.4, 0.5) is 34.9 Å². The van der Waals surface area contributed by atoms with Crippen molar-refractivity contribution in [1.82, 2.24) is 69.5 Å². The molecule has 9 heterocycles. The van der Waals surface area contributed by atoms with Gasteiger partial charge in [0, 0.05) is 104 Å². The zero-order valence-electron chi connectivity index (χ0n) is 55.7. The first kappa shape index (κ1) is 78.6. The number of rotatable bonds is 13. The first-order valence-electron chi connectivity index (χ1n) is 28.8. The van der Waals surface area contributed by atoms with Gasteiger partial charge in [0.25, 0.3) is 0 Å². The molecule has 0 unspecified atom stereocenters. The molecule has 3 radical (unpaired) electrons. The first-order chi connectivity index (χ1) is 46.0. The molecule has 0 aliphatic carbocycles. The number of carbonyl (C=O) groups is 4. The normalized spacial score (nSPS) is 10.2. The Balaban J connectivity index is 0.000000231. The Morgan fingerprint density at radius 3 is 1.20 bits per heavy atom. The molecule has 0 spiro atoms. The monoisotopic (exact) mass is 1420 g/mol. The van der Waals surface area contributed by atoms with Crippen molar-refractivity contribution in [3.05, 3.63) is 160 Å². The number of carbonyl (C=O) groups excluding carboxylic acids is 4. The maximum absolute atomic E-state index is 11.4. The van der Waals surface area contributed by atoms with Gasteiger partial charge in [-0.1, -0.05) is 72.8 Å². The van der Waals surface area contributed by atoms with Crippen molar-refractivity contribution in [3.8, 4) is 33.4 Å². The molecule has 3 aromatic carbocycles. The molecule has 12 rings (SSSR count). The summed E-state index contributed by atoms with van der Waals surface area (Å²) in [4.78, 5) is 81.4. The summed E-state index contributed by atoms with van der Waals surface area (Å²) in [6.07, 6.45) is 17.3. The van der Waals surface area contributed by atoms with Crippen LogP contribution in [0.5, 0.6) is 0 Å². The van der Waals surface area contributed by atoms with Gasteiger partial charge in [-0.2, -0.15) is 15.3 Å². The Labute approximate surface area is 600 Å². The van der Waals surface area contributed by atoms with Crippen LogP contribution in [-0.2, 0) is 85.6 Å². The SMILES string of the molecule is CC(=O)OOC(C)=O.CNC.Cc1sc2cnc(Nc3cnn(C)c3)nc2c1-c1ccccc1C=O.Cc1sc2cnc(Nc3cnn(C)c3)nc2c1-c1ccccc1CN(C)C.Cc1sc2cnc(Nc3cnn(C)c3)nc2c1-c1ccccc1CO.[B-]OC(C)=O.[Na+].[O]=[Mn]=[O]. The number of aliphatic hydroxyl groups is 1. The number of nitrogens with one attached hydrogen (secondary N) is 4. The maximum atomic E-state index is 11.4. The molecule has 0 saturated heterocycles. The third-order valence-corrected chi connectivity index (χ3v) is 15.8. The van der Waals surface area contributed by atoms with Crippen LogP contribution in [0.25, 0.3) is 64.0 Å². The van der Waals surface area contributed by atoms with Crippen LogP contribution < -0.4 is 50.8 Å². The van der Waals surface area contributed by atoms with E-state index in [1.807, 2.05) is 128 Å². The average molecular weight is 1420 g/mol. The van der Waals surface area contributed by atoms with Gasteiger partial charge in [0.2, 0.25) is 23.8 Å². The minimum atomic E-state index is -1.44. The number of aryl methyl sites for hydroxylation is 6. The molecule has 97 heavy (non-hydrogen) atoms. The van der Waals surface area contributed by atoms with E-state index in [1.54, 1.807) is 66.6 Å². The third-order valence-electron chi connectivity index (χ3n) is 12.7. The van der Waals surface area contributed by atoms with Gasteiger partial charge >= 0.3 is 64.0 Å². The van der Waals surface area contributed by atoms with Crippen molar-refractivity contribution < 1.29 is 90.8 Å². The summed E-state index contributed by atoms with van der Waals surface area (Å²) in [7, 11) is 17.9. The van der Waals surface area contributed by atoms with Gasteiger partial charge in [0.05, 0.1) is 91.5 Å². The third kappa shape index (κ3) is 23.1. The van der Waals surface area contributed by atoms with Crippen molar-refractivity contribution in [2.75, 3.05) is 44.1 Å². The van der Waals surface area contributed by atoms with E-state index < -0.39 is 32.7 Å². The Bertz CT molecular complexity index is 4610. The zero-order chi connectivity index (χ0) is 70.0. The summed E-state index contributed by atoms with van der Waals surface area (Å²) in [5.74, 6) is -0.130. The van der Waals surface area contributed by atoms with Crippen molar-refractivity contribution in [3.63, 3.8) is 0 Å². The standard InChI is InChI=1S/C20H22N6S.C18H17N5OS.C18H15N5OS.C4H6O4.C2H3BO2.C2H7N.Mn.Na.2O/c1-13-18(16-8-6-5-7-14(16)11-25(2)3)19-17(27-13)10-21-20(24-19)23-15-9-22-26(4)12-15;2*1-11-16(14-6-4-3-5-12(14)10-24)17-15(25-11)8-19-18(22-17)21-13-7-20-23(2)9-13;1-3(5)7-8-4(2)6;1-2(4)5-3;1-3-2;;;;/h5-10,12H,11H2,1-4H3,(H,21,23,24);3-9,24H,10H2,1-2H3,(H,19,21,22);3-10H,1-2H3,(H,19,21,22);1-2H3;1H3;3H,1-2H3;;;;/q;;;;-1;;;+1;;. The van der Waals surface area contributed by atoms with Crippen LogP contribution in [0.1, 0.15) is 56.9 Å². The van der Waals surface area contributed by atoms with Gasteiger partial charge in [-0.05, 0) is 76.8 Å². The van der Waals surface area contributed by atoms with E-state index in [2.05, 4.69) is 136 Å². The van der Waals surface area contributed by atoms with E-state index in [4.69, 9.17) is 17.6 Å². The number of fused-ring (bicyclic) bond motifs is 3. The molecule has 5 N–H and O–H groups in total. The van der Waals surface area contributed by atoms with Gasteiger partial charge < -0.3 is 44.0 Å². The van der Waals surface area contributed by atoms with Gasteiger partial charge in [-0.3, -0.25) is 23.6 Å². The summed E-state index contributed by atoms with van der Waals surface area (Å²) < 4.78 is 28.7. The molecule has 0 amide bonds. The topological polar surface area (TPSA) is 333 Å². The van der Waals surface area contributed by atoms with Crippen LogP contribution in [0.2, 0.25) is 0 Å². The van der Waals surface area contributed by atoms with Crippen LogP contribution in [0.3, 0.4) is 0 Å². The fourth-order valence-electron chi connectivity index (χ4n) is 9.09. The first-order valence-corrected chi connectivity index (χ1v) is 32.2. The molecule has 27 nitrogen and oxygen atoms in total. The molecule has 9 aromatic heterocycles. The van der Waals surface area contributed by atoms with Crippen LogP contribution in [-0.4, -0.2) is 130 Å². The number of anilines is 6. The van der Waals surface area contributed by atoms with Crippen molar-refractivity contribution in [2.45, 2.75) is 54.7 Å². The Morgan fingerprint density at radius 2 is 0.887 bits per heavy atom. The second-order valence-electron chi connectivity index (χ2n) is 20.6. The van der Waals surface area contributed by atoms with Gasteiger partial charge in [0.1, 0.15) is 0 Å². The fourth-order valence-corrected chi connectivity index (χ4v) is 12.1. The second kappa shape index (κ2) is 39.2. The quantitative estimate of drug-likeness (QED) is 0.0315. The molecule has 0 fully saturated rings. The number of aliphatic hydroxyl groups excluding tert-OH is 1. The molecule has 0 aliphatic rings. The Hall–Kier alpha value is -9.05. The summed E-state index contributed by atoms with van der Waals surface area (Å²) in [6.45, 7) is 10.7. The summed E-state index contributed by atoms with van der Waals surface area (Å²) >= 11 is 3.59. The van der Waals surface area contributed by atoms with Crippen molar-refractivity contribution in [1.29, 1.82) is 0 Å². The van der Waals surface area contributed by atoms with E-state index in [0.29, 0.717) is 23.4 Å². The molecule has 0 saturated carbocycles. The molecule has 12 aromatic rings. The molecule has 500 valence electrons. The van der Waals surface area contributed by atoms with E-state index >= 15 is 0 Å². The number of nitrogens with zero attached hydrogens (tertiary/aromatic N) is 13. The van der Waals surface area contributed by atoms with Crippen molar-refractivity contribution >= 4 is 132 Å². The number of hydrogen-bond donors (Lipinski definition) is 5. The van der Waals surface area contributed by atoms with Crippen LogP contribution in [0, 0.1) is 20.8 Å². The van der Waals surface area contributed by atoms with E-state index in [0.717, 1.165) is 112 Å². The summed E-state index contributed by atoms with van der Waals surface area (Å²) in [5.41, 5.74) is 14.5. The number of aldehydes is 1. The van der Waals surface area contributed by atoms with E-state index in [-0.39, 0.29) is 36.2 Å². The Morgan fingerprint density at radius 1 is 0.567 bits per heavy atom. The van der Waals surface area contributed by atoms with Crippen LogP contribution in [0.15, 0.2) is 129 Å². The predicted octanol–water partition coefficient (Wildman–Crippen LogP) is 8.06. The van der Waals surface area contributed by atoms with Crippen LogP contribution >= 0.6 is 34.0 Å². The van der Waals surface area contributed by atoms with E-state index in [1.165, 1.54) is 28.5 Å².